The summed E-state index contributed by atoms with van der Waals surface area (Å²) < 4.78 is 6.73. The molecule has 3 aromatic carbocycles. The summed E-state index contributed by atoms with van der Waals surface area (Å²) in [5, 5.41) is 14.9. The van der Waals surface area contributed by atoms with Crippen molar-refractivity contribution in [3.8, 4) is 5.75 Å². The quantitative estimate of drug-likeness (QED) is 0.318. The third kappa shape index (κ3) is 5.49. The summed E-state index contributed by atoms with van der Waals surface area (Å²) >= 11 is 3.41. The summed E-state index contributed by atoms with van der Waals surface area (Å²) in [5.41, 5.74) is 3.83. The molecule has 0 atom stereocenters. The van der Waals surface area contributed by atoms with Gasteiger partial charge in [-0.2, -0.15) is 5.10 Å². The van der Waals surface area contributed by atoms with Crippen molar-refractivity contribution in [3.63, 3.8) is 0 Å². The Morgan fingerprint density at radius 1 is 1.10 bits per heavy atom. The number of hydrazone groups is 1. The molecule has 1 N–H and O–H groups in total. The van der Waals surface area contributed by atoms with Crippen molar-refractivity contribution < 1.29 is 14.5 Å². The Balaban J connectivity index is 1.69. The summed E-state index contributed by atoms with van der Waals surface area (Å²) in [6.07, 6.45) is 1.24. The van der Waals surface area contributed by atoms with E-state index in [9.17, 15) is 14.9 Å². The second-order valence-corrected chi connectivity index (χ2v) is 6.85. The highest BCUT2D eigenvalue weighted by Crippen LogP contribution is 2.20. The average molecular weight is 454 g/mol. The van der Waals surface area contributed by atoms with Gasteiger partial charge in [0.1, 0.15) is 12.4 Å². The minimum absolute atomic E-state index is 0.0942. The number of nitro groups is 1. The molecule has 0 unspecified atom stereocenters. The van der Waals surface area contributed by atoms with Crippen molar-refractivity contribution in [2.75, 3.05) is 0 Å². The number of carbonyl (C=O) groups excluding carboxylic acids is 1. The maximum Gasteiger partial charge on any atom is 0.278 e. The largest absolute Gasteiger partial charge is 0.488 e. The van der Waals surface area contributed by atoms with Gasteiger partial charge in [-0.1, -0.05) is 52.3 Å². The van der Waals surface area contributed by atoms with Crippen LogP contribution in [0.4, 0.5) is 5.69 Å². The van der Waals surface area contributed by atoms with E-state index in [2.05, 4.69) is 26.5 Å². The first-order chi connectivity index (χ1) is 14.0. The zero-order valence-electron chi connectivity index (χ0n) is 15.1. The second kappa shape index (κ2) is 9.61. The number of halogens is 1. The summed E-state index contributed by atoms with van der Waals surface area (Å²) in [6.45, 7) is 0.295. The molecule has 3 aromatic rings. The van der Waals surface area contributed by atoms with Crippen molar-refractivity contribution in [2.45, 2.75) is 6.61 Å². The summed E-state index contributed by atoms with van der Waals surface area (Å²) in [6, 6.07) is 20.6. The number of carbonyl (C=O) groups is 1. The minimum Gasteiger partial charge on any atom is -0.488 e. The van der Waals surface area contributed by atoms with Crippen molar-refractivity contribution in [1.29, 1.82) is 0 Å². The highest BCUT2D eigenvalue weighted by molar-refractivity contribution is 9.10. The van der Waals surface area contributed by atoms with Crippen molar-refractivity contribution in [3.05, 3.63) is 104 Å². The number of hydrogen-bond donors (Lipinski definition) is 1. The molecule has 0 aliphatic rings. The molecule has 7 nitrogen and oxygen atoms in total. The molecule has 0 aromatic heterocycles. The van der Waals surface area contributed by atoms with E-state index < -0.39 is 10.8 Å². The number of nitro benzene ring substituents is 1. The zero-order chi connectivity index (χ0) is 20.6. The number of hydrogen-bond acceptors (Lipinski definition) is 5. The second-order valence-electron chi connectivity index (χ2n) is 5.93. The van der Waals surface area contributed by atoms with E-state index in [0.717, 1.165) is 10.0 Å². The van der Waals surface area contributed by atoms with Gasteiger partial charge in [0.15, 0.2) is 0 Å². The lowest BCUT2D eigenvalue weighted by Gasteiger charge is -2.10. The summed E-state index contributed by atoms with van der Waals surface area (Å²) in [5.74, 6) is -0.0736. The lowest BCUT2D eigenvalue weighted by Crippen LogP contribution is -2.18. The Hall–Kier alpha value is -3.52. The van der Waals surface area contributed by atoms with Gasteiger partial charge in [0.2, 0.25) is 0 Å². The van der Waals surface area contributed by atoms with E-state index in [0.29, 0.717) is 17.9 Å². The van der Waals surface area contributed by atoms with E-state index in [-0.39, 0.29) is 11.3 Å². The maximum atomic E-state index is 12.5. The number of rotatable bonds is 7. The van der Waals surface area contributed by atoms with Crippen molar-refractivity contribution in [2.24, 2.45) is 5.10 Å². The molecule has 3 rings (SSSR count). The number of ether oxygens (including phenoxy) is 1. The molecule has 0 fully saturated rings. The van der Waals surface area contributed by atoms with Crippen LogP contribution < -0.4 is 10.2 Å². The number of nitrogens with one attached hydrogen (secondary N) is 1. The van der Waals surface area contributed by atoms with Crippen LogP contribution >= 0.6 is 15.9 Å². The fourth-order valence-corrected chi connectivity index (χ4v) is 3.00. The van der Waals surface area contributed by atoms with Gasteiger partial charge in [-0.05, 0) is 35.9 Å². The van der Waals surface area contributed by atoms with Crippen LogP contribution in [0.25, 0.3) is 0 Å². The third-order valence-corrected chi connectivity index (χ3v) is 4.41. The molecule has 146 valence electrons. The molecule has 0 radical (unpaired) electrons. The highest BCUT2D eigenvalue weighted by Gasteiger charge is 2.13. The third-order valence-electron chi connectivity index (χ3n) is 3.92. The van der Waals surface area contributed by atoms with Gasteiger partial charge in [-0.3, -0.25) is 14.9 Å². The van der Waals surface area contributed by atoms with Gasteiger partial charge in [0.05, 0.1) is 22.3 Å². The monoisotopic (exact) mass is 453 g/mol. The van der Waals surface area contributed by atoms with E-state index in [1.807, 2.05) is 24.3 Å². The molecule has 1 amide bonds. The molecule has 0 spiro atoms. The number of amides is 1. The molecular weight excluding hydrogens is 438 g/mol. The van der Waals surface area contributed by atoms with E-state index in [4.69, 9.17) is 4.74 Å². The molecule has 0 aliphatic carbocycles. The molecule has 0 saturated carbocycles. The van der Waals surface area contributed by atoms with E-state index in [1.54, 1.807) is 42.5 Å². The Bertz CT molecular complexity index is 1070. The number of para-hydroxylation sites is 2. The van der Waals surface area contributed by atoms with Crippen LogP contribution in [0.3, 0.4) is 0 Å². The Kier molecular flexibility index (Phi) is 6.70. The molecule has 29 heavy (non-hydrogen) atoms. The van der Waals surface area contributed by atoms with E-state index >= 15 is 0 Å². The molecule has 8 heteroatoms. The lowest BCUT2D eigenvalue weighted by molar-refractivity contribution is -0.385. The fourth-order valence-electron chi connectivity index (χ4n) is 2.55. The zero-order valence-corrected chi connectivity index (χ0v) is 16.7. The molecule has 0 saturated heterocycles. The van der Waals surface area contributed by atoms with Crippen molar-refractivity contribution >= 4 is 33.7 Å². The standard InChI is InChI=1S/C21H16BrN3O4/c22-17-8-5-6-15(12-17)14-29-20-11-4-2-9-18(20)21(26)24-23-13-16-7-1-3-10-19(16)25(27)28/h1-13H,14H2,(H,24,26). The van der Waals surface area contributed by atoms with Crippen LogP contribution in [0.5, 0.6) is 5.75 Å². The molecule has 0 aliphatic heterocycles. The van der Waals surface area contributed by atoms with Gasteiger partial charge in [-0.25, -0.2) is 5.43 Å². The normalized spacial score (nSPS) is 10.7. The van der Waals surface area contributed by atoms with Crippen LogP contribution in [0.2, 0.25) is 0 Å². The van der Waals surface area contributed by atoms with Gasteiger partial charge >= 0.3 is 0 Å². The van der Waals surface area contributed by atoms with Crippen molar-refractivity contribution in [1.82, 2.24) is 5.43 Å². The van der Waals surface area contributed by atoms with E-state index in [1.165, 1.54) is 12.3 Å². The summed E-state index contributed by atoms with van der Waals surface area (Å²) in [7, 11) is 0. The van der Waals surface area contributed by atoms with Gasteiger partial charge in [0.25, 0.3) is 11.6 Å². The predicted molar refractivity (Wildman–Crippen MR) is 113 cm³/mol. The minimum atomic E-state index is -0.506. The first-order valence-electron chi connectivity index (χ1n) is 8.57. The molecular formula is C21H16BrN3O4. The lowest BCUT2D eigenvalue weighted by atomic mass is 10.2. The first kappa shape index (κ1) is 20.2. The first-order valence-corrected chi connectivity index (χ1v) is 9.37. The van der Waals surface area contributed by atoms with Crippen LogP contribution in [0.15, 0.2) is 82.4 Å². The predicted octanol–water partition coefficient (Wildman–Crippen LogP) is 4.70. The highest BCUT2D eigenvalue weighted by atomic mass is 79.9. The van der Waals surface area contributed by atoms with Gasteiger partial charge in [0, 0.05) is 10.5 Å². The van der Waals surface area contributed by atoms with Crippen LogP contribution in [0.1, 0.15) is 21.5 Å². The Morgan fingerprint density at radius 2 is 1.86 bits per heavy atom. The van der Waals surface area contributed by atoms with Crippen LogP contribution in [-0.2, 0) is 6.61 Å². The summed E-state index contributed by atoms with van der Waals surface area (Å²) in [4.78, 5) is 23.0. The average Bonchev–Trinajstić information content (AvgIpc) is 2.72. The fraction of sp³-hybridized carbons (Fsp3) is 0.0476. The topological polar surface area (TPSA) is 93.8 Å². The number of nitrogens with zero attached hydrogens (tertiary/aromatic N) is 2. The van der Waals surface area contributed by atoms with Gasteiger partial charge < -0.3 is 4.74 Å². The van der Waals surface area contributed by atoms with Crippen LogP contribution in [0, 0.1) is 10.1 Å². The molecule has 0 heterocycles. The smallest absolute Gasteiger partial charge is 0.278 e. The van der Waals surface area contributed by atoms with Crippen LogP contribution in [-0.4, -0.2) is 17.0 Å². The number of benzene rings is 3. The molecule has 0 bridgehead atoms. The SMILES string of the molecule is O=C(NN=Cc1ccccc1[N+](=O)[O-])c1ccccc1OCc1cccc(Br)c1. The van der Waals surface area contributed by atoms with Gasteiger partial charge in [-0.15, -0.1) is 0 Å². The maximum absolute atomic E-state index is 12.5. The Labute approximate surface area is 175 Å². The Morgan fingerprint density at radius 3 is 2.66 bits per heavy atom.